The Morgan fingerprint density at radius 2 is 1.50 bits per heavy atom. The van der Waals surface area contributed by atoms with Crippen LogP contribution >= 0.6 is 12.4 Å². The molecule has 1 aliphatic heterocycles. The first-order valence-electron chi connectivity index (χ1n) is 10.1. The Morgan fingerprint density at radius 1 is 0.962 bits per heavy atom. The van der Waals surface area contributed by atoms with E-state index in [4.69, 9.17) is 5.73 Å². The van der Waals surface area contributed by atoms with Crippen LogP contribution in [-0.2, 0) is 4.79 Å². The lowest BCUT2D eigenvalue weighted by molar-refractivity contribution is -0.132. The van der Waals surface area contributed by atoms with Crippen molar-refractivity contribution < 1.29 is 9.59 Å². The van der Waals surface area contributed by atoms with Gasteiger partial charge in [0.15, 0.2) is 0 Å². The lowest BCUT2D eigenvalue weighted by atomic mass is 9.81. The zero-order chi connectivity index (χ0) is 18.3. The summed E-state index contributed by atoms with van der Waals surface area (Å²) in [5.74, 6) is 0.0742. The van der Waals surface area contributed by atoms with Crippen molar-refractivity contribution in [1.29, 1.82) is 0 Å². The van der Waals surface area contributed by atoms with Gasteiger partial charge in [-0.2, -0.15) is 0 Å². The van der Waals surface area contributed by atoms with Gasteiger partial charge in [-0.25, -0.2) is 4.79 Å². The molecule has 26 heavy (non-hydrogen) atoms. The molecule has 2 fully saturated rings. The lowest BCUT2D eigenvalue weighted by Gasteiger charge is -2.36. The predicted molar refractivity (Wildman–Crippen MR) is 107 cm³/mol. The van der Waals surface area contributed by atoms with Gasteiger partial charge in [0.05, 0.1) is 5.41 Å². The Bertz CT molecular complexity index is 435. The van der Waals surface area contributed by atoms with E-state index in [1.807, 2.05) is 18.7 Å². The number of hydrogen-bond donors (Lipinski definition) is 3. The highest BCUT2D eigenvalue weighted by atomic mass is 35.5. The summed E-state index contributed by atoms with van der Waals surface area (Å²) >= 11 is 0. The van der Waals surface area contributed by atoms with Crippen LogP contribution in [0.2, 0.25) is 0 Å². The number of rotatable bonds is 6. The molecule has 3 amide bonds. The zero-order valence-electron chi connectivity index (χ0n) is 16.4. The third kappa shape index (κ3) is 5.74. The summed E-state index contributed by atoms with van der Waals surface area (Å²) in [4.78, 5) is 26.9. The molecule has 1 aliphatic carbocycles. The number of nitrogens with zero attached hydrogens (tertiary/aromatic N) is 1. The highest BCUT2D eigenvalue weighted by Gasteiger charge is 2.35. The van der Waals surface area contributed by atoms with Crippen LogP contribution in [-0.4, -0.2) is 48.6 Å². The lowest BCUT2D eigenvalue weighted by Crippen LogP contribution is -2.54. The second-order valence-corrected chi connectivity index (χ2v) is 7.71. The van der Waals surface area contributed by atoms with E-state index in [9.17, 15) is 9.59 Å². The van der Waals surface area contributed by atoms with Crippen LogP contribution < -0.4 is 16.4 Å². The Labute approximate surface area is 164 Å². The van der Waals surface area contributed by atoms with Gasteiger partial charge in [0.1, 0.15) is 0 Å². The monoisotopic (exact) mass is 388 g/mol. The van der Waals surface area contributed by atoms with Crippen LogP contribution in [0.4, 0.5) is 4.79 Å². The number of likely N-dealkylation sites (tertiary alicyclic amines) is 1. The molecule has 0 unspecified atom stereocenters. The van der Waals surface area contributed by atoms with Crippen molar-refractivity contribution in [2.75, 3.05) is 19.6 Å². The van der Waals surface area contributed by atoms with Gasteiger partial charge in [0, 0.05) is 31.7 Å². The van der Waals surface area contributed by atoms with Gasteiger partial charge >= 0.3 is 6.03 Å². The number of urea groups is 1. The van der Waals surface area contributed by atoms with E-state index in [0.29, 0.717) is 25.7 Å². The second-order valence-electron chi connectivity index (χ2n) is 7.71. The standard InChI is InChI=1S/C19H36N4O2.ClH/c1-3-19(4-2,14-20)17(24)21-16-10-12-23(13-11-16)18(25)22-15-8-6-5-7-9-15;/h15-16H,3-14,20H2,1-2H3,(H,21,24)(H,22,25);1H. The average Bonchev–Trinajstić information content (AvgIpc) is 2.65. The van der Waals surface area contributed by atoms with E-state index in [1.165, 1.54) is 19.3 Å². The third-order valence-electron chi connectivity index (χ3n) is 6.28. The average molecular weight is 389 g/mol. The first-order valence-corrected chi connectivity index (χ1v) is 10.1. The molecule has 1 saturated carbocycles. The van der Waals surface area contributed by atoms with Crippen molar-refractivity contribution in [2.45, 2.75) is 83.7 Å². The predicted octanol–water partition coefficient (Wildman–Crippen LogP) is 2.80. The molecule has 4 N–H and O–H groups in total. The Kier molecular flexibility index (Phi) is 9.72. The van der Waals surface area contributed by atoms with Gasteiger partial charge in [-0.3, -0.25) is 4.79 Å². The topological polar surface area (TPSA) is 87.5 Å². The van der Waals surface area contributed by atoms with Crippen LogP contribution in [0.3, 0.4) is 0 Å². The van der Waals surface area contributed by atoms with Gasteiger partial charge in [-0.05, 0) is 38.5 Å². The highest BCUT2D eigenvalue weighted by molar-refractivity contribution is 5.85. The molecule has 0 aromatic heterocycles. The largest absolute Gasteiger partial charge is 0.353 e. The Morgan fingerprint density at radius 3 is 2.00 bits per heavy atom. The summed E-state index contributed by atoms with van der Waals surface area (Å²) in [5, 5.41) is 6.36. The van der Waals surface area contributed by atoms with Crippen molar-refractivity contribution in [3.63, 3.8) is 0 Å². The minimum atomic E-state index is -0.449. The number of halogens is 1. The van der Waals surface area contributed by atoms with Crippen molar-refractivity contribution in [1.82, 2.24) is 15.5 Å². The molecule has 2 aliphatic rings. The maximum Gasteiger partial charge on any atom is 0.317 e. The smallest absolute Gasteiger partial charge is 0.317 e. The normalized spacial score (nSPS) is 19.6. The van der Waals surface area contributed by atoms with Gasteiger partial charge in [-0.1, -0.05) is 33.1 Å². The molecule has 1 heterocycles. The zero-order valence-corrected chi connectivity index (χ0v) is 17.2. The van der Waals surface area contributed by atoms with Crippen molar-refractivity contribution in [3.8, 4) is 0 Å². The first-order chi connectivity index (χ1) is 12.0. The first kappa shape index (κ1) is 23.0. The fourth-order valence-electron chi connectivity index (χ4n) is 4.03. The number of amides is 3. The molecule has 0 aromatic rings. The molecule has 0 atom stereocenters. The highest BCUT2D eigenvalue weighted by Crippen LogP contribution is 2.26. The summed E-state index contributed by atoms with van der Waals surface area (Å²) in [6.07, 6.45) is 9.09. The van der Waals surface area contributed by atoms with Crippen LogP contribution in [0.25, 0.3) is 0 Å². The minimum absolute atomic E-state index is 0. The molecule has 2 rings (SSSR count). The molecular formula is C19H37ClN4O2. The number of hydrogen-bond acceptors (Lipinski definition) is 3. The van der Waals surface area contributed by atoms with E-state index in [-0.39, 0.29) is 30.4 Å². The van der Waals surface area contributed by atoms with E-state index in [0.717, 1.165) is 38.5 Å². The quantitative estimate of drug-likeness (QED) is 0.653. The van der Waals surface area contributed by atoms with Crippen molar-refractivity contribution >= 4 is 24.3 Å². The summed E-state index contributed by atoms with van der Waals surface area (Å²) in [6.45, 7) is 5.84. The number of nitrogens with one attached hydrogen (secondary N) is 2. The Balaban J connectivity index is 0.00000338. The van der Waals surface area contributed by atoms with Crippen molar-refractivity contribution in [3.05, 3.63) is 0 Å². The van der Waals surface area contributed by atoms with Gasteiger partial charge in [0.2, 0.25) is 5.91 Å². The van der Waals surface area contributed by atoms with Crippen LogP contribution in [0.5, 0.6) is 0 Å². The van der Waals surface area contributed by atoms with Gasteiger partial charge < -0.3 is 21.3 Å². The summed E-state index contributed by atoms with van der Waals surface area (Å²) in [5.41, 5.74) is 5.41. The third-order valence-corrected chi connectivity index (χ3v) is 6.28. The van der Waals surface area contributed by atoms with Crippen LogP contribution in [0, 0.1) is 5.41 Å². The van der Waals surface area contributed by atoms with E-state index in [1.54, 1.807) is 0 Å². The molecule has 0 aromatic carbocycles. The molecule has 0 bridgehead atoms. The molecular weight excluding hydrogens is 352 g/mol. The maximum atomic E-state index is 12.6. The van der Waals surface area contributed by atoms with E-state index >= 15 is 0 Å². The van der Waals surface area contributed by atoms with Crippen molar-refractivity contribution in [2.24, 2.45) is 11.1 Å². The number of carbonyl (C=O) groups is 2. The SMILES string of the molecule is CCC(CC)(CN)C(=O)NC1CCN(C(=O)NC2CCCCC2)CC1.Cl. The number of carbonyl (C=O) groups excluding carboxylic acids is 2. The van der Waals surface area contributed by atoms with Gasteiger partial charge in [-0.15, -0.1) is 12.4 Å². The Hall–Kier alpha value is -1.01. The fourth-order valence-corrected chi connectivity index (χ4v) is 4.03. The second kappa shape index (κ2) is 11.0. The molecule has 1 saturated heterocycles. The summed E-state index contributed by atoms with van der Waals surface area (Å²) in [6, 6.07) is 0.559. The van der Waals surface area contributed by atoms with E-state index < -0.39 is 5.41 Å². The minimum Gasteiger partial charge on any atom is -0.353 e. The number of piperidine rings is 1. The van der Waals surface area contributed by atoms with Crippen LogP contribution in [0.1, 0.15) is 71.6 Å². The molecule has 7 heteroatoms. The summed E-state index contributed by atoms with van der Waals surface area (Å²) < 4.78 is 0. The summed E-state index contributed by atoms with van der Waals surface area (Å²) in [7, 11) is 0. The molecule has 0 spiro atoms. The van der Waals surface area contributed by atoms with Crippen LogP contribution in [0.15, 0.2) is 0 Å². The number of nitrogens with two attached hydrogens (primary N) is 1. The maximum absolute atomic E-state index is 12.6. The molecule has 152 valence electrons. The van der Waals surface area contributed by atoms with Gasteiger partial charge in [0.25, 0.3) is 0 Å². The molecule has 0 radical (unpaired) electrons. The fraction of sp³-hybridized carbons (Fsp3) is 0.895. The van der Waals surface area contributed by atoms with E-state index in [2.05, 4.69) is 10.6 Å². The molecule has 6 nitrogen and oxygen atoms in total.